The number of anilines is 1. The zero-order valence-electron chi connectivity index (χ0n) is 10.9. The number of benzene rings is 1. The summed E-state index contributed by atoms with van der Waals surface area (Å²) in [7, 11) is -2.47. The minimum Gasteiger partial charge on any atom is -0.478 e. The van der Waals surface area contributed by atoms with Crippen LogP contribution in [-0.2, 0) is 10.2 Å². The molecular weight excluding hydrogens is 284 g/mol. The van der Waals surface area contributed by atoms with Crippen molar-refractivity contribution in [3.8, 4) is 0 Å². The Morgan fingerprint density at radius 3 is 2.70 bits per heavy atom. The summed E-state index contributed by atoms with van der Waals surface area (Å²) in [5, 5.41) is 9.09. The highest BCUT2D eigenvalue weighted by molar-refractivity contribution is 7.87. The highest BCUT2D eigenvalue weighted by atomic mass is 32.2. The number of imidazole rings is 1. The van der Waals surface area contributed by atoms with Crippen molar-refractivity contribution in [2.75, 3.05) is 19.3 Å². The Hall–Kier alpha value is -2.13. The predicted octanol–water partition coefficient (Wildman–Crippen LogP) is 0.361. The first-order chi connectivity index (χ1) is 9.30. The lowest BCUT2D eigenvalue weighted by Crippen LogP contribution is -2.32. The maximum Gasteiger partial charge on any atom is 0.337 e. The zero-order valence-corrected chi connectivity index (χ0v) is 11.8. The lowest BCUT2D eigenvalue weighted by molar-refractivity contribution is 0.0699. The Bertz CT molecular complexity index is 781. The second kappa shape index (κ2) is 4.76. The number of para-hydroxylation sites is 1. The molecule has 2 aromatic rings. The molecule has 0 fully saturated rings. The molecule has 2 rings (SSSR count). The van der Waals surface area contributed by atoms with E-state index in [-0.39, 0.29) is 29.1 Å². The molecule has 3 N–H and O–H groups in total. The summed E-state index contributed by atoms with van der Waals surface area (Å²) in [5.74, 6) is -1.46. The van der Waals surface area contributed by atoms with Crippen LogP contribution in [0.5, 0.6) is 0 Å². The number of hydrogen-bond donors (Lipinski definition) is 2. The monoisotopic (exact) mass is 298 g/mol. The van der Waals surface area contributed by atoms with Crippen LogP contribution in [0.3, 0.4) is 0 Å². The minimum absolute atomic E-state index is 0.0468. The summed E-state index contributed by atoms with van der Waals surface area (Å²) in [5.41, 5.74) is 5.75. The van der Waals surface area contributed by atoms with Crippen molar-refractivity contribution in [1.29, 1.82) is 0 Å². The maximum atomic E-state index is 12.4. The lowest BCUT2D eigenvalue weighted by atomic mass is 10.2. The first-order valence-electron chi connectivity index (χ1n) is 5.77. The number of nitrogens with zero attached hydrogens (tertiary/aromatic N) is 3. The van der Waals surface area contributed by atoms with Crippen LogP contribution >= 0.6 is 0 Å². The number of fused-ring (bicyclic) bond motifs is 1. The molecule has 0 bridgehead atoms. The van der Waals surface area contributed by atoms with E-state index in [2.05, 4.69) is 4.98 Å². The van der Waals surface area contributed by atoms with E-state index in [1.165, 1.54) is 25.2 Å². The van der Waals surface area contributed by atoms with Crippen molar-refractivity contribution in [2.45, 2.75) is 6.92 Å². The van der Waals surface area contributed by atoms with Crippen LogP contribution in [0.25, 0.3) is 11.0 Å². The number of carbonyl (C=O) groups is 1. The Balaban J connectivity index is 2.83. The molecule has 0 unspecified atom stereocenters. The SMILES string of the molecule is CCN(C)S(=O)(=O)n1c(N)nc2c(C(=O)O)cccc21. The molecule has 1 aromatic carbocycles. The fourth-order valence-electron chi connectivity index (χ4n) is 1.81. The van der Waals surface area contributed by atoms with Crippen LogP contribution in [-0.4, -0.2) is 46.3 Å². The van der Waals surface area contributed by atoms with Gasteiger partial charge in [-0.2, -0.15) is 16.7 Å². The lowest BCUT2D eigenvalue weighted by Gasteiger charge is -2.16. The minimum atomic E-state index is -3.88. The summed E-state index contributed by atoms with van der Waals surface area (Å²) in [6.07, 6.45) is 0. The van der Waals surface area contributed by atoms with Crippen molar-refractivity contribution in [3.63, 3.8) is 0 Å². The van der Waals surface area contributed by atoms with Gasteiger partial charge in [-0.05, 0) is 12.1 Å². The first kappa shape index (κ1) is 14.3. The summed E-state index contributed by atoms with van der Waals surface area (Å²) in [4.78, 5) is 15.0. The molecular formula is C11H14N4O4S. The van der Waals surface area contributed by atoms with Gasteiger partial charge in [0, 0.05) is 13.6 Å². The van der Waals surface area contributed by atoms with E-state index >= 15 is 0 Å². The number of rotatable bonds is 4. The summed E-state index contributed by atoms with van der Waals surface area (Å²) in [6.45, 7) is 1.93. The molecule has 9 heteroatoms. The predicted molar refractivity (Wildman–Crippen MR) is 73.7 cm³/mol. The average molecular weight is 298 g/mol. The van der Waals surface area contributed by atoms with Crippen LogP contribution in [0, 0.1) is 0 Å². The molecule has 0 radical (unpaired) electrons. The molecule has 0 amide bonds. The molecule has 1 aromatic heterocycles. The summed E-state index contributed by atoms with van der Waals surface area (Å²) in [6, 6.07) is 4.26. The van der Waals surface area contributed by atoms with Crippen LogP contribution in [0.4, 0.5) is 5.95 Å². The van der Waals surface area contributed by atoms with E-state index in [1.807, 2.05) is 0 Å². The second-order valence-corrected chi connectivity index (χ2v) is 6.02. The van der Waals surface area contributed by atoms with E-state index < -0.39 is 16.2 Å². The fraction of sp³-hybridized carbons (Fsp3) is 0.273. The van der Waals surface area contributed by atoms with Gasteiger partial charge in [0.2, 0.25) is 5.95 Å². The van der Waals surface area contributed by atoms with Crippen molar-refractivity contribution in [1.82, 2.24) is 13.3 Å². The van der Waals surface area contributed by atoms with Gasteiger partial charge in [0.1, 0.15) is 5.52 Å². The highest BCUT2D eigenvalue weighted by Gasteiger charge is 2.26. The van der Waals surface area contributed by atoms with Crippen LogP contribution in [0.15, 0.2) is 18.2 Å². The Morgan fingerprint density at radius 1 is 1.50 bits per heavy atom. The molecule has 0 saturated carbocycles. The van der Waals surface area contributed by atoms with Gasteiger partial charge in [-0.25, -0.2) is 9.78 Å². The van der Waals surface area contributed by atoms with Crippen molar-refractivity contribution < 1.29 is 18.3 Å². The fourth-order valence-corrected chi connectivity index (χ4v) is 3.09. The molecule has 0 atom stereocenters. The number of aromatic carboxylic acids is 1. The Morgan fingerprint density at radius 2 is 2.15 bits per heavy atom. The molecule has 8 nitrogen and oxygen atoms in total. The van der Waals surface area contributed by atoms with Gasteiger partial charge in [0.05, 0.1) is 11.1 Å². The van der Waals surface area contributed by atoms with Gasteiger partial charge in [0.25, 0.3) is 0 Å². The summed E-state index contributed by atoms with van der Waals surface area (Å²) < 4.78 is 26.7. The zero-order chi connectivity index (χ0) is 15.1. The number of aromatic nitrogens is 2. The standard InChI is InChI=1S/C11H14N4O4S/c1-3-14(2)20(18,19)15-8-6-4-5-7(10(16)17)9(8)13-11(15)12/h4-6H,3H2,1-2H3,(H2,12,13)(H,16,17). The van der Waals surface area contributed by atoms with E-state index in [4.69, 9.17) is 10.8 Å². The quantitative estimate of drug-likeness (QED) is 0.841. The third kappa shape index (κ3) is 2.00. The molecule has 0 saturated heterocycles. The molecule has 108 valence electrons. The molecule has 0 aliphatic carbocycles. The van der Waals surface area contributed by atoms with Gasteiger partial charge in [0.15, 0.2) is 0 Å². The summed E-state index contributed by atoms with van der Waals surface area (Å²) >= 11 is 0. The van der Waals surface area contributed by atoms with E-state index in [0.717, 1.165) is 8.28 Å². The Labute approximate surface area is 115 Å². The largest absolute Gasteiger partial charge is 0.478 e. The van der Waals surface area contributed by atoms with Crippen LogP contribution in [0.2, 0.25) is 0 Å². The van der Waals surface area contributed by atoms with Gasteiger partial charge in [-0.3, -0.25) is 0 Å². The third-order valence-corrected chi connectivity index (χ3v) is 4.86. The van der Waals surface area contributed by atoms with E-state index in [1.54, 1.807) is 6.92 Å². The number of hydrogen-bond acceptors (Lipinski definition) is 5. The maximum absolute atomic E-state index is 12.4. The van der Waals surface area contributed by atoms with Gasteiger partial charge in [-0.15, -0.1) is 0 Å². The van der Waals surface area contributed by atoms with E-state index in [9.17, 15) is 13.2 Å². The smallest absolute Gasteiger partial charge is 0.337 e. The number of carboxylic acid groups (broad SMARTS) is 1. The first-order valence-corrected chi connectivity index (χ1v) is 7.17. The Kier molecular flexibility index (Phi) is 3.40. The number of nitrogens with two attached hydrogens (primary N) is 1. The topological polar surface area (TPSA) is 119 Å². The van der Waals surface area contributed by atoms with E-state index in [0.29, 0.717) is 0 Å². The van der Waals surface area contributed by atoms with Gasteiger partial charge < -0.3 is 10.8 Å². The van der Waals surface area contributed by atoms with Crippen molar-refractivity contribution in [2.24, 2.45) is 0 Å². The number of nitrogen functional groups attached to an aromatic ring is 1. The molecule has 20 heavy (non-hydrogen) atoms. The van der Waals surface area contributed by atoms with Gasteiger partial charge in [-0.1, -0.05) is 13.0 Å². The van der Waals surface area contributed by atoms with Crippen molar-refractivity contribution >= 4 is 33.2 Å². The normalized spacial score (nSPS) is 12.2. The average Bonchev–Trinajstić information content (AvgIpc) is 2.73. The highest BCUT2D eigenvalue weighted by Crippen LogP contribution is 2.24. The number of carboxylic acids is 1. The molecule has 1 heterocycles. The molecule has 0 aliphatic heterocycles. The molecule has 0 aliphatic rings. The van der Waals surface area contributed by atoms with Crippen molar-refractivity contribution in [3.05, 3.63) is 23.8 Å². The van der Waals surface area contributed by atoms with Gasteiger partial charge >= 0.3 is 16.2 Å². The third-order valence-electron chi connectivity index (χ3n) is 2.97. The van der Waals surface area contributed by atoms with Crippen LogP contribution < -0.4 is 5.73 Å². The molecule has 0 spiro atoms. The second-order valence-electron chi connectivity index (χ2n) is 4.13. The van der Waals surface area contributed by atoms with Crippen LogP contribution in [0.1, 0.15) is 17.3 Å².